The summed E-state index contributed by atoms with van der Waals surface area (Å²) < 4.78 is 6.26. The fourth-order valence-electron chi connectivity index (χ4n) is 2.25. The van der Waals surface area contributed by atoms with Gasteiger partial charge in [0.1, 0.15) is 5.52 Å². The predicted molar refractivity (Wildman–Crippen MR) is 96.1 cm³/mol. The van der Waals surface area contributed by atoms with Crippen LogP contribution in [0.1, 0.15) is 18.2 Å². The van der Waals surface area contributed by atoms with E-state index in [4.69, 9.17) is 4.74 Å². The van der Waals surface area contributed by atoms with Gasteiger partial charge in [-0.05, 0) is 29.8 Å². The highest BCUT2D eigenvalue weighted by molar-refractivity contribution is 9.10. The number of hydrogen-bond donors (Lipinski definition) is 0. The van der Waals surface area contributed by atoms with Crippen LogP contribution in [0, 0.1) is 0 Å². The van der Waals surface area contributed by atoms with Crippen molar-refractivity contribution in [2.75, 3.05) is 0 Å². The van der Waals surface area contributed by atoms with Crippen LogP contribution in [0.15, 0.2) is 59.1 Å². The summed E-state index contributed by atoms with van der Waals surface area (Å²) in [5.41, 5.74) is 2.55. The van der Waals surface area contributed by atoms with Crippen molar-refractivity contribution in [3.8, 4) is 5.75 Å². The summed E-state index contributed by atoms with van der Waals surface area (Å²) in [6.07, 6.45) is 3.93. The van der Waals surface area contributed by atoms with Gasteiger partial charge in [0.05, 0.1) is 5.69 Å². The van der Waals surface area contributed by atoms with E-state index in [-0.39, 0.29) is 5.97 Å². The number of rotatable bonds is 3. The maximum absolute atomic E-state index is 11.2. The van der Waals surface area contributed by atoms with Gasteiger partial charge in [-0.25, -0.2) is 4.98 Å². The van der Waals surface area contributed by atoms with E-state index in [0.29, 0.717) is 11.3 Å². The van der Waals surface area contributed by atoms with Crippen LogP contribution in [0.2, 0.25) is 0 Å². The molecule has 2 aromatic carbocycles. The first-order chi connectivity index (χ1) is 11.1. The smallest absolute Gasteiger partial charge is 0.308 e. The molecule has 0 aliphatic rings. The maximum Gasteiger partial charge on any atom is 0.308 e. The number of carbonyl (C=O) groups excluding carboxylic acids is 1. The lowest BCUT2D eigenvalue weighted by Crippen LogP contribution is -2.02. The van der Waals surface area contributed by atoms with E-state index < -0.39 is 0 Å². The summed E-state index contributed by atoms with van der Waals surface area (Å²) in [6, 6.07) is 17.4. The van der Waals surface area contributed by atoms with Gasteiger partial charge < -0.3 is 4.74 Å². The number of para-hydroxylation sites is 1. The van der Waals surface area contributed by atoms with E-state index in [1.807, 2.05) is 60.7 Å². The van der Waals surface area contributed by atoms with Crippen LogP contribution in [-0.2, 0) is 4.79 Å². The van der Waals surface area contributed by atoms with Crippen LogP contribution in [0.25, 0.3) is 23.1 Å². The molecule has 0 aliphatic carbocycles. The van der Waals surface area contributed by atoms with Crippen molar-refractivity contribution in [3.63, 3.8) is 0 Å². The number of halogens is 1. The van der Waals surface area contributed by atoms with Crippen molar-refractivity contribution in [2.24, 2.45) is 0 Å². The average Bonchev–Trinajstić information content (AvgIpc) is 2.54. The van der Waals surface area contributed by atoms with Crippen LogP contribution in [0.5, 0.6) is 5.75 Å². The number of benzene rings is 2. The van der Waals surface area contributed by atoms with Gasteiger partial charge in [-0.15, -0.1) is 0 Å². The Hall–Kier alpha value is -2.46. The van der Waals surface area contributed by atoms with Crippen LogP contribution in [0.3, 0.4) is 0 Å². The minimum Gasteiger partial charge on any atom is -0.424 e. The molecule has 23 heavy (non-hydrogen) atoms. The molecule has 4 heteroatoms. The van der Waals surface area contributed by atoms with Crippen molar-refractivity contribution in [2.45, 2.75) is 6.92 Å². The summed E-state index contributed by atoms with van der Waals surface area (Å²) in [6.45, 7) is 1.38. The number of carbonyl (C=O) groups is 1. The molecular formula is C19H14BrNO2. The molecule has 114 valence electrons. The molecule has 0 N–H and O–H groups in total. The van der Waals surface area contributed by atoms with Crippen molar-refractivity contribution >= 4 is 45.0 Å². The van der Waals surface area contributed by atoms with E-state index in [0.717, 1.165) is 21.1 Å². The van der Waals surface area contributed by atoms with Crippen LogP contribution in [-0.4, -0.2) is 11.0 Å². The average molecular weight is 368 g/mol. The van der Waals surface area contributed by atoms with Gasteiger partial charge >= 0.3 is 5.97 Å². The number of esters is 1. The number of hydrogen-bond acceptors (Lipinski definition) is 3. The highest BCUT2D eigenvalue weighted by atomic mass is 79.9. The standard InChI is InChI=1S/C19H14BrNO2/c1-13(22)23-18-8-4-6-15-10-12-16(21-19(15)18)11-9-14-5-2-3-7-17(14)20/h2-12H,1H3/b11-9+. The van der Waals surface area contributed by atoms with Gasteiger partial charge in [-0.1, -0.05) is 58.4 Å². The summed E-state index contributed by atoms with van der Waals surface area (Å²) in [7, 11) is 0. The first-order valence-electron chi connectivity index (χ1n) is 7.14. The molecule has 0 fully saturated rings. The van der Waals surface area contributed by atoms with Crippen LogP contribution in [0.4, 0.5) is 0 Å². The van der Waals surface area contributed by atoms with Crippen molar-refractivity contribution in [1.82, 2.24) is 4.98 Å². The Bertz CT molecular complexity index is 903. The monoisotopic (exact) mass is 367 g/mol. The third kappa shape index (κ3) is 3.66. The molecule has 1 heterocycles. The Balaban J connectivity index is 1.99. The zero-order chi connectivity index (χ0) is 16.2. The molecule has 0 aliphatic heterocycles. The number of ether oxygens (including phenoxy) is 1. The van der Waals surface area contributed by atoms with Gasteiger partial charge in [0.25, 0.3) is 0 Å². The maximum atomic E-state index is 11.2. The second-order valence-electron chi connectivity index (χ2n) is 5.01. The van der Waals surface area contributed by atoms with Crippen LogP contribution < -0.4 is 4.74 Å². The molecule has 3 aromatic rings. The minimum atomic E-state index is -0.353. The zero-order valence-corrected chi connectivity index (χ0v) is 14.1. The summed E-state index contributed by atoms with van der Waals surface area (Å²) in [5.74, 6) is 0.125. The second-order valence-corrected chi connectivity index (χ2v) is 5.87. The molecule has 1 aromatic heterocycles. The third-order valence-electron chi connectivity index (χ3n) is 3.30. The largest absolute Gasteiger partial charge is 0.424 e. The summed E-state index contributed by atoms with van der Waals surface area (Å²) in [5, 5.41) is 0.932. The normalized spacial score (nSPS) is 11.0. The zero-order valence-electron chi connectivity index (χ0n) is 12.5. The lowest BCUT2D eigenvalue weighted by Gasteiger charge is -2.06. The molecule has 0 radical (unpaired) electrons. The Morgan fingerprint density at radius 3 is 2.65 bits per heavy atom. The molecule has 3 rings (SSSR count). The molecule has 3 nitrogen and oxygen atoms in total. The lowest BCUT2D eigenvalue weighted by molar-refractivity contribution is -0.131. The van der Waals surface area contributed by atoms with E-state index in [2.05, 4.69) is 20.9 Å². The fourth-order valence-corrected chi connectivity index (χ4v) is 2.67. The third-order valence-corrected chi connectivity index (χ3v) is 4.02. The van der Waals surface area contributed by atoms with Gasteiger partial charge in [-0.2, -0.15) is 0 Å². The second kappa shape index (κ2) is 6.75. The van der Waals surface area contributed by atoms with Crippen molar-refractivity contribution < 1.29 is 9.53 Å². The minimum absolute atomic E-state index is 0.353. The highest BCUT2D eigenvalue weighted by Crippen LogP contribution is 2.25. The predicted octanol–water partition coefficient (Wildman–Crippen LogP) is 5.09. The van der Waals surface area contributed by atoms with Gasteiger partial charge in [0.15, 0.2) is 5.75 Å². The van der Waals surface area contributed by atoms with Gasteiger partial charge in [-0.3, -0.25) is 4.79 Å². The van der Waals surface area contributed by atoms with Crippen molar-refractivity contribution in [3.05, 3.63) is 70.3 Å². The quantitative estimate of drug-likeness (QED) is 0.477. The molecule has 0 unspecified atom stereocenters. The van der Waals surface area contributed by atoms with Crippen LogP contribution >= 0.6 is 15.9 Å². The molecule has 0 spiro atoms. The Labute approximate surface area is 142 Å². The van der Waals surface area contributed by atoms with Gasteiger partial charge in [0.2, 0.25) is 0 Å². The Kier molecular flexibility index (Phi) is 4.53. The number of aromatic nitrogens is 1. The summed E-state index contributed by atoms with van der Waals surface area (Å²) in [4.78, 5) is 15.8. The van der Waals surface area contributed by atoms with E-state index in [1.165, 1.54) is 6.92 Å². The Morgan fingerprint density at radius 1 is 1.04 bits per heavy atom. The van der Waals surface area contributed by atoms with Gasteiger partial charge in [0, 0.05) is 16.8 Å². The SMILES string of the molecule is CC(=O)Oc1cccc2ccc(/C=C/c3ccccc3Br)nc12. The first-order valence-corrected chi connectivity index (χ1v) is 7.93. The number of pyridine rings is 1. The fraction of sp³-hybridized carbons (Fsp3) is 0.0526. The molecule has 0 bridgehead atoms. The topological polar surface area (TPSA) is 39.2 Å². The van der Waals surface area contributed by atoms with Crippen molar-refractivity contribution in [1.29, 1.82) is 0 Å². The highest BCUT2D eigenvalue weighted by Gasteiger charge is 2.06. The lowest BCUT2D eigenvalue weighted by atomic mass is 10.1. The molecular weight excluding hydrogens is 354 g/mol. The number of fused-ring (bicyclic) bond motifs is 1. The van der Waals surface area contributed by atoms with E-state index >= 15 is 0 Å². The molecule has 0 saturated carbocycles. The Morgan fingerprint density at radius 2 is 1.87 bits per heavy atom. The molecule has 0 atom stereocenters. The molecule has 0 amide bonds. The van der Waals surface area contributed by atoms with E-state index in [9.17, 15) is 4.79 Å². The summed E-state index contributed by atoms with van der Waals surface area (Å²) >= 11 is 3.52. The van der Waals surface area contributed by atoms with E-state index in [1.54, 1.807) is 6.07 Å². The molecule has 0 saturated heterocycles. The number of nitrogens with zero attached hydrogens (tertiary/aromatic N) is 1. The first kappa shape index (κ1) is 15.4.